The monoisotopic (exact) mass is 270 g/mol. The van der Waals surface area contributed by atoms with Gasteiger partial charge in [0.1, 0.15) is 5.75 Å². The Kier molecular flexibility index (Phi) is 5.99. The molecule has 18 heavy (non-hydrogen) atoms. The van der Waals surface area contributed by atoms with E-state index in [9.17, 15) is 4.79 Å². The van der Waals surface area contributed by atoms with Gasteiger partial charge < -0.3 is 9.47 Å². The van der Waals surface area contributed by atoms with E-state index in [1.54, 1.807) is 25.1 Å². The SMILES string of the molecule is CCCCOC(=O)[C@@H](C)Oc1ccc(Cl)cc1C. The largest absolute Gasteiger partial charge is 0.479 e. The van der Waals surface area contributed by atoms with Gasteiger partial charge in [-0.25, -0.2) is 4.79 Å². The zero-order chi connectivity index (χ0) is 13.5. The fourth-order valence-electron chi connectivity index (χ4n) is 1.42. The van der Waals surface area contributed by atoms with Gasteiger partial charge in [-0.05, 0) is 44.0 Å². The minimum atomic E-state index is -0.610. The fourth-order valence-corrected chi connectivity index (χ4v) is 1.64. The predicted octanol–water partition coefficient (Wildman–Crippen LogP) is 3.76. The molecule has 0 saturated heterocycles. The van der Waals surface area contributed by atoms with Crippen molar-refractivity contribution >= 4 is 17.6 Å². The summed E-state index contributed by atoms with van der Waals surface area (Å²) in [6, 6.07) is 5.29. The normalized spacial score (nSPS) is 12.0. The molecule has 0 N–H and O–H groups in total. The number of benzene rings is 1. The lowest BCUT2D eigenvalue weighted by Crippen LogP contribution is -2.26. The highest BCUT2D eigenvalue weighted by Crippen LogP contribution is 2.22. The molecule has 0 bridgehead atoms. The second-order valence-corrected chi connectivity index (χ2v) is 4.63. The van der Waals surface area contributed by atoms with Crippen molar-refractivity contribution in [3.05, 3.63) is 28.8 Å². The number of ether oxygens (including phenoxy) is 2. The molecule has 100 valence electrons. The molecular weight excluding hydrogens is 252 g/mol. The Morgan fingerprint density at radius 1 is 1.44 bits per heavy atom. The van der Waals surface area contributed by atoms with Gasteiger partial charge in [-0.2, -0.15) is 0 Å². The van der Waals surface area contributed by atoms with Crippen LogP contribution in [0, 0.1) is 6.92 Å². The molecule has 0 heterocycles. The van der Waals surface area contributed by atoms with E-state index in [2.05, 4.69) is 0 Å². The Labute approximate surface area is 113 Å². The standard InChI is InChI=1S/C14H19ClO3/c1-4-5-8-17-14(16)11(3)18-13-7-6-12(15)9-10(13)2/h6-7,9,11H,4-5,8H2,1-3H3/t11-/m1/s1. The number of esters is 1. The third kappa shape index (κ3) is 4.57. The molecule has 3 nitrogen and oxygen atoms in total. The maximum Gasteiger partial charge on any atom is 0.347 e. The minimum Gasteiger partial charge on any atom is -0.479 e. The van der Waals surface area contributed by atoms with Gasteiger partial charge in [0.25, 0.3) is 0 Å². The molecule has 0 aliphatic rings. The summed E-state index contributed by atoms with van der Waals surface area (Å²) < 4.78 is 10.6. The van der Waals surface area contributed by atoms with Crippen molar-refractivity contribution in [2.75, 3.05) is 6.61 Å². The van der Waals surface area contributed by atoms with E-state index in [-0.39, 0.29) is 5.97 Å². The van der Waals surface area contributed by atoms with Crippen LogP contribution in [0.5, 0.6) is 5.75 Å². The highest BCUT2D eigenvalue weighted by molar-refractivity contribution is 6.30. The molecule has 1 rings (SSSR count). The van der Waals surface area contributed by atoms with E-state index in [0.29, 0.717) is 17.4 Å². The van der Waals surface area contributed by atoms with Crippen molar-refractivity contribution < 1.29 is 14.3 Å². The summed E-state index contributed by atoms with van der Waals surface area (Å²) in [5.41, 5.74) is 0.899. The lowest BCUT2D eigenvalue weighted by molar-refractivity contribution is -0.151. The number of unbranched alkanes of at least 4 members (excludes halogenated alkanes) is 1. The third-order valence-electron chi connectivity index (χ3n) is 2.51. The van der Waals surface area contributed by atoms with Crippen molar-refractivity contribution in [1.82, 2.24) is 0 Å². The lowest BCUT2D eigenvalue weighted by Gasteiger charge is -2.15. The minimum absolute atomic E-state index is 0.335. The second-order valence-electron chi connectivity index (χ2n) is 4.19. The molecular formula is C14H19ClO3. The summed E-state index contributed by atoms with van der Waals surface area (Å²) in [4.78, 5) is 11.6. The van der Waals surface area contributed by atoms with Crippen LogP contribution in [0.15, 0.2) is 18.2 Å². The Hall–Kier alpha value is -1.22. The number of hydrogen-bond acceptors (Lipinski definition) is 3. The zero-order valence-electron chi connectivity index (χ0n) is 11.0. The van der Waals surface area contributed by atoms with Crippen molar-refractivity contribution in [1.29, 1.82) is 0 Å². The van der Waals surface area contributed by atoms with E-state index in [1.165, 1.54) is 0 Å². The quantitative estimate of drug-likeness (QED) is 0.583. The first kappa shape index (κ1) is 14.8. The maximum absolute atomic E-state index is 11.6. The molecule has 0 fully saturated rings. The van der Waals surface area contributed by atoms with Gasteiger partial charge in [-0.15, -0.1) is 0 Å². The van der Waals surface area contributed by atoms with Crippen LogP contribution in [0.3, 0.4) is 0 Å². The van der Waals surface area contributed by atoms with Crippen LogP contribution in [0.1, 0.15) is 32.3 Å². The third-order valence-corrected chi connectivity index (χ3v) is 2.75. The zero-order valence-corrected chi connectivity index (χ0v) is 11.8. The number of rotatable bonds is 6. The first-order valence-corrected chi connectivity index (χ1v) is 6.51. The van der Waals surface area contributed by atoms with Gasteiger partial charge >= 0.3 is 5.97 Å². The molecule has 0 unspecified atom stereocenters. The number of aryl methyl sites for hydroxylation is 1. The van der Waals surface area contributed by atoms with Crippen LogP contribution in [0.4, 0.5) is 0 Å². The molecule has 0 saturated carbocycles. The molecule has 0 amide bonds. The summed E-state index contributed by atoms with van der Waals surface area (Å²) in [5.74, 6) is 0.317. The van der Waals surface area contributed by atoms with Gasteiger partial charge in [0.05, 0.1) is 6.61 Å². The van der Waals surface area contributed by atoms with Crippen molar-refractivity contribution in [2.45, 2.75) is 39.7 Å². The number of halogens is 1. The van der Waals surface area contributed by atoms with Crippen LogP contribution in [-0.2, 0) is 9.53 Å². The van der Waals surface area contributed by atoms with E-state index in [1.807, 2.05) is 13.8 Å². The number of carbonyl (C=O) groups is 1. The van der Waals surface area contributed by atoms with E-state index in [4.69, 9.17) is 21.1 Å². The summed E-state index contributed by atoms with van der Waals surface area (Å²) >= 11 is 5.85. The Balaban J connectivity index is 2.53. The molecule has 4 heteroatoms. The summed E-state index contributed by atoms with van der Waals surface area (Å²) in [5, 5.41) is 0.651. The maximum atomic E-state index is 11.6. The molecule has 0 aliphatic carbocycles. The first-order chi connectivity index (χ1) is 8.54. The molecule has 0 radical (unpaired) electrons. The molecule has 0 spiro atoms. The van der Waals surface area contributed by atoms with Gasteiger partial charge in [-0.1, -0.05) is 24.9 Å². The van der Waals surface area contributed by atoms with E-state index >= 15 is 0 Å². The van der Waals surface area contributed by atoms with E-state index in [0.717, 1.165) is 18.4 Å². The van der Waals surface area contributed by atoms with Crippen LogP contribution in [0.2, 0.25) is 5.02 Å². The number of hydrogen-bond donors (Lipinski definition) is 0. The smallest absolute Gasteiger partial charge is 0.347 e. The van der Waals surface area contributed by atoms with Gasteiger partial charge in [0.15, 0.2) is 6.10 Å². The summed E-state index contributed by atoms with van der Waals surface area (Å²) in [7, 11) is 0. The topological polar surface area (TPSA) is 35.5 Å². The predicted molar refractivity (Wildman–Crippen MR) is 72.1 cm³/mol. The Morgan fingerprint density at radius 2 is 2.17 bits per heavy atom. The highest BCUT2D eigenvalue weighted by atomic mass is 35.5. The van der Waals surface area contributed by atoms with Crippen molar-refractivity contribution in [3.8, 4) is 5.75 Å². The van der Waals surface area contributed by atoms with Gasteiger partial charge in [-0.3, -0.25) is 0 Å². The van der Waals surface area contributed by atoms with Crippen molar-refractivity contribution in [2.24, 2.45) is 0 Å². The van der Waals surface area contributed by atoms with Gasteiger partial charge in [0.2, 0.25) is 0 Å². The number of carbonyl (C=O) groups excluding carboxylic acids is 1. The van der Waals surface area contributed by atoms with Crippen LogP contribution >= 0.6 is 11.6 Å². The Bertz CT molecular complexity index is 404. The van der Waals surface area contributed by atoms with Crippen LogP contribution in [-0.4, -0.2) is 18.7 Å². The summed E-state index contributed by atoms with van der Waals surface area (Å²) in [6.45, 7) is 6.06. The molecule has 1 aromatic rings. The fraction of sp³-hybridized carbons (Fsp3) is 0.500. The molecule has 1 atom stereocenters. The lowest BCUT2D eigenvalue weighted by atomic mass is 10.2. The second kappa shape index (κ2) is 7.27. The highest BCUT2D eigenvalue weighted by Gasteiger charge is 2.16. The molecule has 0 aromatic heterocycles. The summed E-state index contributed by atoms with van der Waals surface area (Å²) in [6.07, 6.45) is 1.26. The molecule has 1 aromatic carbocycles. The average Bonchev–Trinajstić information content (AvgIpc) is 2.32. The first-order valence-electron chi connectivity index (χ1n) is 6.14. The van der Waals surface area contributed by atoms with E-state index < -0.39 is 6.10 Å². The van der Waals surface area contributed by atoms with Gasteiger partial charge in [0, 0.05) is 5.02 Å². The van der Waals surface area contributed by atoms with Crippen LogP contribution in [0.25, 0.3) is 0 Å². The molecule has 0 aliphatic heterocycles. The Morgan fingerprint density at radius 3 is 2.78 bits per heavy atom. The van der Waals surface area contributed by atoms with Crippen molar-refractivity contribution in [3.63, 3.8) is 0 Å². The van der Waals surface area contributed by atoms with Crippen LogP contribution < -0.4 is 4.74 Å². The average molecular weight is 271 g/mol.